The minimum atomic E-state index is 0.702. The Bertz CT molecular complexity index is 638. The number of rotatable bonds is 1. The Morgan fingerprint density at radius 3 is 2.22 bits per heavy atom. The van der Waals surface area contributed by atoms with Crippen LogP contribution in [0.25, 0.3) is 10.9 Å². The van der Waals surface area contributed by atoms with E-state index < -0.39 is 0 Å². The van der Waals surface area contributed by atoms with Crippen molar-refractivity contribution in [1.29, 1.82) is 5.26 Å². The van der Waals surface area contributed by atoms with Crippen LogP contribution >= 0.6 is 0 Å². The van der Waals surface area contributed by atoms with Gasteiger partial charge in [-0.05, 0) is 63.7 Å². The molecule has 3 rings (SSSR count). The van der Waals surface area contributed by atoms with Gasteiger partial charge in [0.05, 0.1) is 11.6 Å². The van der Waals surface area contributed by atoms with Crippen molar-refractivity contribution in [3.63, 3.8) is 0 Å². The molecule has 0 radical (unpaired) electrons. The molecule has 2 aromatic rings. The van der Waals surface area contributed by atoms with Gasteiger partial charge in [-0.3, -0.25) is 0 Å². The van der Waals surface area contributed by atoms with Crippen LogP contribution in [0, 0.1) is 11.3 Å². The first-order valence-corrected chi connectivity index (χ1v) is 8.63. The fourth-order valence-corrected chi connectivity index (χ4v) is 3.05. The zero-order valence-corrected chi connectivity index (χ0v) is 15.6. The molecule has 1 saturated carbocycles. The van der Waals surface area contributed by atoms with Crippen LogP contribution in [0.15, 0.2) is 24.4 Å². The lowest BCUT2D eigenvalue weighted by molar-refractivity contribution is 0.505. The largest absolute Gasteiger partial charge is 0.350 e. The lowest BCUT2D eigenvalue weighted by Crippen LogP contribution is -1.99. The summed E-state index contributed by atoms with van der Waals surface area (Å²) in [4.78, 5) is 2.00. The molecule has 0 aliphatic heterocycles. The number of hydrogen-bond acceptors (Lipinski definition) is 2. The third-order valence-electron chi connectivity index (χ3n) is 3.94. The van der Waals surface area contributed by atoms with Crippen LogP contribution in [0.4, 0.5) is 0 Å². The molecule has 23 heavy (non-hydrogen) atoms. The smallest absolute Gasteiger partial charge is 0.0991 e. The van der Waals surface area contributed by atoms with Crippen molar-refractivity contribution >= 4 is 10.9 Å². The highest BCUT2D eigenvalue weighted by Crippen LogP contribution is 2.38. The second-order valence-corrected chi connectivity index (χ2v) is 6.36. The van der Waals surface area contributed by atoms with Gasteiger partial charge in [-0.15, -0.1) is 0 Å². The molecule has 0 atom stereocenters. The normalized spacial score (nSPS) is 14.0. The van der Waals surface area contributed by atoms with E-state index in [4.69, 9.17) is 5.26 Å². The zero-order valence-electron chi connectivity index (χ0n) is 15.6. The van der Waals surface area contributed by atoms with Gasteiger partial charge in [-0.25, -0.2) is 0 Å². The lowest BCUT2D eigenvalue weighted by atomic mass is 9.96. The Balaban J connectivity index is 0.000000388. The average molecular weight is 313 g/mol. The summed E-state index contributed by atoms with van der Waals surface area (Å²) in [6, 6.07) is 8.25. The molecule has 0 N–H and O–H groups in total. The molecule has 126 valence electrons. The summed E-state index contributed by atoms with van der Waals surface area (Å²) < 4.78 is 2.18. The number of nitrogens with zero attached hydrogens (tertiary/aromatic N) is 3. The van der Waals surface area contributed by atoms with E-state index in [0.717, 1.165) is 5.56 Å². The van der Waals surface area contributed by atoms with E-state index in [-0.39, 0.29) is 0 Å². The topological polar surface area (TPSA) is 32.0 Å². The Morgan fingerprint density at radius 1 is 1.13 bits per heavy atom. The molecule has 3 heteroatoms. The summed E-state index contributed by atoms with van der Waals surface area (Å²) in [5.41, 5.74) is 3.45. The predicted molar refractivity (Wildman–Crippen MR) is 99.8 cm³/mol. The quantitative estimate of drug-likeness (QED) is 0.749. The molecule has 0 bridgehead atoms. The van der Waals surface area contributed by atoms with Gasteiger partial charge >= 0.3 is 0 Å². The van der Waals surface area contributed by atoms with Crippen LogP contribution in [-0.2, 0) is 7.05 Å². The molecule has 1 fully saturated rings. The van der Waals surface area contributed by atoms with Crippen molar-refractivity contribution in [3.05, 3.63) is 35.5 Å². The van der Waals surface area contributed by atoms with E-state index in [1.165, 1.54) is 42.1 Å². The average Bonchev–Trinajstić information content (AvgIpc) is 3.16. The number of benzene rings is 1. The van der Waals surface area contributed by atoms with Crippen molar-refractivity contribution < 1.29 is 0 Å². The number of nitriles is 1. The summed E-state index contributed by atoms with van der Waals surface area (Å²) in [5.74, 6) is 0.702. The number of hydrogen-bond donors (Lipinski definition) is 0. The SMILES string of the molecule is CC.CN(C)C.Cn1cc(C2CCCC2)c2cc(C#N)ccc21. The maximum absolute atomic E-state index is 9.00. The Hall–Kier alpha value is -1.79. The van der Waals surface area contributed by atoms with Gasteiger partial charge < -0.3 is 9.47 Å². The Kier molecular flexibility index (Phi) is 7.85. The molecule has 1 aliphatic carbocycles. The predicted octanol–water partition coefficient (Wildman–Crippen LogP) is 4.91. The molecular weight excluding hydrogens is 282 g/mol. The molecule has 3 nitrogen and oxygen atoms in total. The van der Waals surface area contributed by atoms with E-state index in [0.29, 0.717) is 5.92 Å². The van der Waals surface area contributed by atoms with E-state index >= 15 is 0 Å². The van der Waals surface area contributed by atoms with E-state index in [1.807, 2.05) is 52.0 Å². The Morgan fingerprint density at radius 2 is 1.70 bits per heavy atom. The molecule has 1 aromatic carbocycles. The highest BCUT2D eigenvalue weighted by Gasteiger charge is 2.21. The summed E-state index contributed by atoms with van der Waals surface area (Å²) in [7, 11) is 8.09. The molecule has 0 spiro atoms. The van der Waals surface area contributed by atoms with Crippen molar-refractivity contribution in [3.8, 4) is 6.07 Å². The minimum absolute atomic E-state index is 0.702. The molecule has 0 saturated heterocycles. The molecule has 0 amide bonds. The fourth-order valence-electron chi connectivity index (χ4n) is 3.05. The van der Waals surface area contributed by atoms with Crippen LogP contribution in [0.1, 0.15) is 56.6 Å². The number of aromatic nitrogens is 1. The monoisotopic (exact) mass is 313 g/mol. The van der Waals surface area contributed by atoms with E-state index in [2.05, 4.69) is 29.9 Å². The standard InChI is InChI=1S/C15H16N2.C3H9N.C2H6/c1-17-10-14(12-4-2-3-5-12)13-8-11(9-16)6-7-15(13)17;1-4(2)3;1-2/h6-8,10,12H,2-5H2,1H3;1-3H3;1-2H3. The first-order chi connectivity index (χ1) is 11.0. The van der Waals surface area contributed by atoms with Gasteiger partial charge in [0.15, 0.2) is 0 Å². The van der Waals surface area contributed by atoms with Gasteiger partial charge in [0.2, 0.25) is 0 Å². The minimum Gasteiger partial charge on any atom is -0.350 e. The summed E-state index contributed by atoms with van der Waals surface area (Å²) in [6.45, 7) is 4.00. The van der Waals surface area contributed by atoms with Crippen LogP contribution in [-0.4, -0.2) is 30.6 Å². The molecule has 1 aromatic heterocycles. The van der Waals surface area contributed by atoms with Gasteiger partial charge in [0.25, 0.3) is 0 Å². The van der Waals surface area contributed by atoms with Crippen molar-refractivity contribution in [2.24, 2.45) is 7.05 Å². The maximum atomic E-state index is 9.00. The summed E-state index contributed by atoms with van der Waals surface area (Å²) >= 11 is 0. The van der Waals surface area contributed by atoms with Gasteiger partial charge in [0.1, 0.15) is 0 Å². The summed E-state index contributed by atoms with van der Waals surface area (Å²) in [6.07, 6.45) is 7.55. The van der Waals surface area contributed by atoms with Crippen molar-refractivity contribution in [2.75, 3.05) is 21.1 Å². The molecular formula is C20H31N3. The van der Waals surface area contributed by atoms with Gasteiger partial charge in [-0.2, -0.15) is 5.26 Å². The number of fused-ring (bicyclic) bond motifs is 1. The number of aryl methyl sites for hydroxylation is 1. The highest BCUT2D eigenvalue weighted by atomic mass is 15.0. The Labute approximate surface area is 141 Å². The van der Waals surface area contributed by atoms with Crippen LogP contribution in [0.3, 0.4) is 0 Å². The second-order valence-electron chi connectivity index (χ2n) is 6.36. The first-order valence-electron chi connectivity index (χ1n) is 8.63. The third kappa shape index (κ3) is 5.11. The highest BCUT2D eigenvalue weighted by molar-refractivity contribution is 5.85. The summed E-state index contributed by atoms with van der Waals surface area (Å²) in [5, 5.41) is 10.3. The molecule has 0 unspecified atom stereocenters. The second kappa shape index (κ2) is 9.37. The van der Waals surface area contributed by atoms with Gasteiger partial charge in [-0.1, -0.05) is 26.7 Å². The van der Waals surface area contributed by atoms with Crippen LogP contribution in [0.2, 0.25) is 0 Å². The van der Waals surface area contributed by atoms with Crippen LogP contribution in [0.5, 0.6) is 0 Å². The first kappa shape index (κ1) is 19.3. The molecule has 1 aliphatic rings. The molecule has 1 heterocycles. The fraction of sp³-hybridized carbons (Fsp3) is 0.550. The van der Waals surface area contributed by atoms with E-state index in [9.17, 15) is 0 Å². The zero-order chi connectivity index (χ0) is 17.4. The van der Waals surface area contributed by atoms with Crippen molar-refractivity contribution in [2.45, 2.75) is 45.4 Å². The van der Waals surface area contributed by atoms with Crippen molar-refractivity contribution in [1.82, 2.24) is 9.47 Å². The van der Waals surface area contributed by atoms with E-state index in [1.54, 1.807) is 0 Å². The van der Waals surface area contributed by atoms with Crippen LogP contribution < -0.4 is 0 Å². The van der Waals surface area contributed by atoms with Gasteiger partial charge in [0, 0.05) is 24.1 Å². The maximum Gasteiger partial charge on any atom is 0.0991 e. The third-order valence-corrected chi connectivity index (χ3v) is 3.94. The lowest BCUT2D eigenvalue weighted by Gasteiger charge is -2.06.